The third kappa shape index (κ3) is 1.52. The van der Waals surface area contributed by atoms with Gasteiger partial charge in [-0.1, -0.05) is 6.08 Å². The van der Waals surface area contributed by atoms with Gasteiger partial charge in [0.15, 0.2) is 0 Å². The second-order valence-corrected chi connectivity index (χ2v) is 3.49. The Morgan fingerprint density at radius 3 is 3.15 bits per heavy atom. The van der Waals surface area contributed by atoms with Crippen LogP contribution in [0.3, 0.4) is 0 Å². The first kappa shape index (κ1) is 8.51. The van der Waals surface area contributed by atoms with Crippen molar-refractivity contribution in [2.24, 2.45) is 5.73 Å². The van der Waals surface area contributed by atoms with Gasteiger partial charge in [-0.15, -0.1) is 0 Å². The van der Waals surface area contributed by atoms with E-state index in [4.69, 9.17) is 5.73 Å². The third-order valence-corrected chi connectivity index (χ3v) is 2.53. The first-order valence-electron chi connectivity index (χ1n) is 4.76. The molecule has 3 nitrogen and oxygen atoms in total. The van der Waals surface area contributed by atoms with E-state index in [1.807, 2.05) is 12.5 Å². The lowest BCUT2D eigenvalue weighted by Gasteiger charge is -2.06. The molecule has 1 aromatic heterocycles. The van der Waals surface area contributed by atoms with Gasteiger partial charge in [0.25, 0.3) is 0 Å². The molecule has 1 aromatic rings. The Morgan fingerprint density at radius 2 is 2.54 bits per heavy atom. The van der Waals surface area contributed by atoms with E-state index < -0.39 is 0 Å². The molecule has 1 unspecified atom stereocenters. The molecule has 1 atom stereocenters. The maximum absolute atomic E-state index is 5.84. The summed E-state index contributed by atoms with van der Waals surface area (Å²) in [5.41, 5.74) is 8.43. The molecule has 13 heavy (non-hydrogen) atoms. The molecule has 0 saturated heterocycles. The highest BCUT2D eigenvalue weighted by atomic mass is 15.0. The average molecular weight is 177 g/mol. The molecule has 0 aromatic carbocycles. The van der Waals surface area contributed by atoms with Crippen LogP contribution in [0.5, 0.6) is 0 Å². The van der Waals surface area contributed by atoms with Gasteiger partial charge in [-0.05, 0) is 25.3 Å². The molecule has 2 N–H and O–H groups in total. The molecule has 0 radical (unpaired) electrons. The fourth-order valence-corrected chi connectivity index (χ4v) is 1.79. The zero-order chi connectivity index (χ0) is 9.26. The van der Waals surface area contributed by atoms with Gasteiger partial charge in [-0.3, -0.25) is 0 Å². The molecular formula is C10H15N3. The fraction of sp³-hybridized carbons (Fsp3) is 0.500. The monoisotopic (exact) mass is 177 g/mol. The summed E-state index contributed by atoms with van der Waals surface area (Å²) in [5, 5.41) is 0. The minimum atomic E-state index is 0.315. The Hall–Kier alpha value is -1.09. The number of nitrogens with two attached hydrogens (primary N) is 1. The van der Waals surface area contributed by atoms with Crippen LogP contribution in [-0.4, -0.2) is 15.6 Å². The van der Waals surface area contributed by atoms with Crippen molar-refractivity contribution >= 4 is 5.57 Å². The van der Waals surface area contributed by atoms with Crippen molar-refractivity contribution in [1.82, 2.24) is 9.55 Å². The molecule has 1 heterocycles. The van der Waals surface area contributed by atoms with E-state index in [1.54, 1.807) is 0 Å². The standard InChI is InChI=1S/C10H15N3/c1-2-13-7-12-6-10(13)8-3-4-9(11)5-8/h3,6-7,9H,2,4-5,11H2,1H3. The zero-order valence-electron chi connectivity index (χ0n) is 7.90. The van der Waals surface area contributed by atoms with Crippen molar-refractivity contribution in [3.8, 4) is 0 Å². The smallest absolute Gasteiger partial charge is 0.0950 e. The van der Waals surface area contributed by atoms with E-state index in [0.29, 0.717) is 6.04 Å². The lowest BCUT2D eigenvalue weighted by atomic mass is 10.1. The van der Waals surface area contributed by atoms with Gasteiger partial charge in [0, 0.05) is 12.6 Å². The van der Waals surface area contributed by atoms with Crippen molar-refractivity contribution in [2.75, 3.05) is 0 Å². The van der Waals surface area contributed by atoms with E-state index >= 15 is 0 Å². The molecular weight excluding hydrogens is 162 g/mol. The Bertz CT molecular complexity index is 325. The number of aromatic nitrogens is 2. The van der Waals surface area contributed by atoms with Crippen LogP contribution in [0.4, 0.5) is 0 Å². The van der Waals surface area contributed by atoms with Crippen LogP contribution in [0.2, 0.25) is 0 Å². The van der Waals surface area contributed by atoms with Crippen LogP contribution < -0.4 is 5.73 Å². The summed E-state index contributed by atoms with van der Waals surface area (Å²) in [6, 6.07) is 0.315. The van der Waals surface area contributed by atoms with Crippen LogP contribution in [0.1, 0.15) is 25.5 Å². The molecule has 0 saturated carbocycles. The van der Waals surface area contributed by atoms with Crippen molar-refractivity contribution in [1.29, 1.82) is 0 Å². The molecule has 1 aliphatic carbocycles. The van der Waals surface area contributed by atoms with Gasteiger partial charge < -0.3 is 10.3 Å². The lowest BCUT2D eigenvalue weighted by Crippen LogP contribution is -2.15. The van der Waals surface area contributed by atoms with Crippen molar-refractivity contribution < 1.29 is 0 Å². The fourth-order valence-electron chi connectivity index (χ4n) is 1.79. The number of aryl methyl sites for hydroxylation is 1. The second-order valence-electron chi connectivity index (χ2n) is 3.49. The van der Waals surface area contributed by atoms with Gasteiger partial charge in [0.05, 0.1) is 18.2 Å². The summed E-state index contributed by atoms with van der Waals surface area (Å²) >= 11 is 0. The van der Waals surface area contributed by atoms with Gasteiger partial charge in [0.2, 0.25) is 0 Å². The largest absolute Gasteiger partial charge is 0.331 e. The van der Waals surface area contributed by atoms with E-state index in [2.05, 4.69) is 22.6 Å². The van der Waals surface area contributed by atoms with Crippen LogP contribution in [-0.2, 0) is 6.54 Å². The van der Waals surface area contributed by atoms with Crippen LogP contribution in [0.25, 0.3) is 5.57 Å². The highest BCUT2D eigenvalue weighted by Gasteiger charge is 2.16. The lowest BCUT2D eigenvalue weighted by molar-refractivity contribution is 0.722. The van der Waals surface area contributed by atoms with Gasteiger partial charge in [0.1, 0.15) is 0 Å². The molecule has 2 rings (SSSR count). The Kier molecular flexibility index (Phi) is 2.19. The third-order valence-electron chi connectivity index (χ3n) is 2.53. The van der Waals surface area contributed by atoms with E-state index in [1.165, 1.54) is 11.3 Å². The minimum Gasteiger partial charge on any atom is -0.331 e. The average Bonchev–Trinajstić information content (AvgIpc) is 2.71. The molecule has 3 heteroatoms. The molecule has 1 aliphatic rings. The molecule has 0 bridgehead atoms. The predicted octanol–water partition coefficient (Wildman–Crippen LogP) is 1.41. The number of rotatable bonds is 2. The Balaban J connectivity index is 2.25. The molecule has 0 amide bonds. The number of hydrogen-bond donors (Lipinski definition) is 1. The summed E-state index contributed by atoms with van der Waals surface area (Å²) in [5.74, 6) is 0. The summed E-state index contributed by atoms with van der Waals surface area (Å²) in [4.78, 5) is 4.14. The normalized spacial score (nSPS) is 22.0. The maximum atomic E-state index is 5.84. The molecule has 70 valence electrons. The van der Waals surface area contributed by atoms with Crippen molar-refractivity contribution in [3.05, 3.63) is 24.3 Å². The molecule has 0 spiro atoms. The van der Waals surface area contributed by atoms with Gasteiger partial charge in [-0.25, -0.2) is 4.98 Å². The van der Waals surface area contributed by atoms with Crippen LogP contribution in [0.15, 0.2) is 18.6 Å². The highest BCUT2D eigenvalue weighted by Crippen LogP contribution is 2.26. The number of nitrogens with zero attached hydrogens (tertiary/aromatic N) is 2. The topological polar surface area (TPSA) is 43.8 Å². The zero-order valence-corrected chi connectivity index (χ0v) is 7.90. The summed E-state index contributed by atoms with van der Waals surface area (Å²) < 4.78 is 2.16. The van der Waals surface area contributed by atoms with Crippen molar-refractivity contribution in [2.45, 2.75) is 32.4 Å². The van der Waals surface area contributed by atoms with E-state index in [0.717, 1.165) is 19.4 Å². The van der Waals surface area contributed by atoms with Crippen molar-refractivity contribution in [3.63, 3.8) is 0 Å². The molecule has 0 aliphatic heterocycles. The predicted molar refractivity (Wildman–Crippen MR) is 53.1 cm³/mol. The van der Waals surface area contributed by atoms with Crippen LogP contribution in [0, 0.1) is 0 Å². The quantitative estimate of drug-likeness (QED) is 0.742. The summed E-state index contributed by atoms with van der Waals surface area (Å²) in [7, 11) is 0. The first-order valence-corrected chi connectivity index (χ1v) is 4.76. The summed E-state index contributed by atoms with van der Waals surface area (Å²) in [6.45, 7) is 3.10. The van der Waals surface area contributed by atoms with Gasteiger partial charge in [-0.2, -0.15) is 0 Å². The SMILES string of the molecule is CCn1cncc1C1=CCC(N)C1. The first-order chi connectivity index (χ1) is 6.31. The maximum Gasteiger partial charge on any atom is 0.0950 e. The minimum absolute atomic E-state index is 0.315. The molecule has 0 fully saturated rings. The Labute approximate surface area is 78.3 Å². The van der Waals surface area contributed by atoms with Gasteiger partial charge >= 0.3 is 0 Å². The van der Waals surface area contributed by atoms with E-state index in [-0.39, 0.29) is 0 Å². The number of imidazole rings is 1. The summed E-state index contributed by atoms with van der Waals surface area (Å²) in [6.07, 6.45) is 8.02. The Morgan fingerprint density at radius 1 is 1.69 bits per heavy atom. The highest BCUT2D eigenvalue weighted by molar-refractivity contribution is 5.65. The number of hydrogen-bond acceptors (Lipinski definition) is 2. The van der Waals surface area contributed by atoms with Crippen LogP contribution >= 0.6 is 0 Å². The van der Waals surface area contributed by atoms with E-state index in [9.17, 15) is 0 Å². The second kappa shape index (κ2) is 3.34.